The lowest BCUT2D eigenvalue weighted by molar-refractivity contribution is 0.0351. The maximum absolute atomic E-state index is 10.9. The first-order valence-corrected chi connectivity index (χ1v) is 4.49. The van der Waals surface area contributed by atoms with Crippen LogP contribution in [0.3, 0.4) is 0 Å². The summed E-state index contributed by atoms with van der Waals surface area (Å²) in [5.74, 6) is 2.42. The first kappa shape index (κ1) is 11.3. The Morgan fingerprint density at radius 1 is 1.80 bits per heavy atom. The van der Waals surface area contributed by atoms with Crippen LogP contribution in [0, 0.1) is 12.3 Å². The number of aliphatic hydroxyl groups excluding tert-OH is 1. The van der Waals surface area contributed by atoms with Crippen LogP contribution in [0.2, 0.25) is 0 Å². The molecule has 4 heteroatoms. The van der Waals surface area contributed by atoms with E-state index in [1.807, 2.05) is 0 Å². The van der Waals surface area contributed by atoms with E-state index >= 15 is 0 Å². The molecular formula is C11H12O4. The number of terminal acetylenes is 1. The molecule has 1 rings (SSSR count). The van der Waals surface area contributed by atoms with Gasteiger partial charge in [-0.2, -0.15) is 0 Å². The highest BCUT2D eigenvalue weighted by molar-refractivity contribution is 5.61. The highest BCUT2D eigenvalue weighted by Crippen LogP contribution is 2.20. The van der Waals surface area contributed by atoms with E-state index in [9.17, 15) is 9.90 Å². The fourth-order valence-corrected chi connectivity index (χ4v) is 1.37. The van der Waals surface area contributed by atoms with E-state index in [2.05, 4.69) is 17.2 Å². The van der Waals surface area contributed by atoms with E-state index in [1.54, 1.807) is 6.08 Å². The second-order valence-corrected chi connectivity index (χ2v) is 3.12. The van der Waals surface area contributed by atoms with Crippen LogP contribution >= 0.6 is 0 Å². The largest absolute Gasteiger partial charge is 0.513 e. The molecule has 0 spiro atoms. The van der Waals surface area contributed by atoms with E-state index in [4.69, 9.17) is 11.2 Å². The summed E-state index contributed by atoms with van der Waals surface area (Å²) in [5, 5.41) is 9.44. The predicted octanol–water partition coefficient (Wildman–Crippen LogP) is 1.37. The van der Waals surface area contributed by atoms with Gasteiger partial charge in [-0.25, -0.2) is 4.79 Å². The van der Waals surface area contributed by atoms with Crippen molar-refractivity contribution in [1.29, 1.82) is 0 Å². The Morgan fingerprint density at radius 2 is 2.53 bits per heavy atom. The fourth-order valence-electron chi connectivity index (χ4n) is 1.37. The van der Waals surface area contributed by atoms with Crippen LogP contribution in [0.5, 0.6) is 0 Å². The third-order valence-electron chi connectivity index (χ3n) is 1.96. The third kappa shape index (κ3) is 3.49. The van der Waals surface area contributed by atoms with Gasteiger partial charge in [0.25, 0.3) is 0 Å². The Labute approximate surface area is 88.2 Å². The Bertz CT molecular complexity index is 324. The molecule has 1 aliphatic rings. The number of carbonyl (C=O) groups is 1. The lowest BCUT2D eigenvalue weighted by atomic mass is 9.95. The maximum Gasteiger partial charge on any atom is 0.513 e. The summed E-state index contributed by atoms with van der Waals surface area (Å²) in [5.41, 5.74) is 0.630. The molecule has 15 heavy (non-hydrogen) atoms. The molecule has 1 N–H and O–H groups in total. The van der Waals surface area contributed by atoms with Gasteiger partial charge in [0, 0.05) is 18.4 Å². The maximum atomic E-state index is 10.9. The molecule has 0 unspecified atom stereocenters. The quantitative estimate of drug-likeness (QED) is 0.423. The number of aliphatic hydroxyl groups is 1. The van der Waals surface area contributed by atoms with Gasteiger partial charge in [-0.1, -0.05) is 12.5 Å². The molecule has 0 amide bonds. The second kappa shape index (κ2) is 5.23. The lowest BCUT2D eigenvalue weighted by Gasteiger charge is -2.22. The first-order chi connectivity index (χ1) is 7.15. The summed E-state index contributed by atoms with van der Waals surface area (Å²) in [6.07, 6.45) is 6.60. The van der Waals surface area contributed by atoms with Crippen molar-refractivity contribution < 1.29 is 19.4 Å². The summed E-state index contributed by atoms with van der Waals surface area (Å²) >= 11 is 0. The molecule has 0 radical (unpaired) electrons. The lowest BCUT2D eigenvalue weighted by Crippen LogP contribution is -2.26. The molecule has 0 bridgehead atoms. The molecule has 80 valence electrons. The molecule has 0 aromatic heterocycles. The first-order valence-electron chi connectivity index (χ1n) is 4.49. The molecular weight excluding hydrogens is 196 g/mol. The minimum absolute atomic E-state index is 0.331. The zero-order valence-corrected chi connectivity index (χ0v) is 8.18. The van der Waals surface area contributed by atoms with Crippen LogP contribution in [0.15, 0.2) is 24.5 Å². The number of rotatable bonds is 2. The summed E-state index contributed by atoms with van der Waals surface area (Å²) in [7, 11) is 0. The van der Waals surface area contributed by atoms with Gasteiger partial charge in [0.1, 0.15) is 6.10 Å². The van der Waals surface area contributed by atoms with Crippen LogP contribution in [0.4, 0.5) is 4.79 Å². The Balaban J connectivity index is 2.59. The standard InChI is InChI=1S/C11H12O4/c1-3-8-5-9(12)7-10(6-8)15-11(13)14-4-2/h1,4,6,9-10,12H,2,5,7H2/t9-,10+/m0/s1. The monoisotopic (exact) mass is 208 g/mol. The van der Waals surface area contributed by atoms with E-state index in [0.29, 0.717) is 18.4 Å². The zero-order valence-electron chi connectivity index (χ0n) is 8.18. The number of hydrogen-bond acceptors (Lipinski definition) is 4. The highest BCUT2D eigenvalue weighted by Gasteiger charge is 2.23. The summed E-state index contributed by atoms with van der Waals surface area (Å²) < 4.78 is 9.26. The van der Waals surface area contributed by atoms with Gasteiger partial charge in [-0.15, -0.1) is 6.42 Å². The number of ether oxygens (including phenoxy) is 2. The zero-order chi connectivity index (χ0) is 11.3. The molecule has 1 aliphatic carbocycles. The van der Waals surface area contributed by atoms with Crippen molar-refractivity contribution in [3.05, 3.63) is 24.5 Å². The molecule has 2 atom stereocenters. The van der Waals surface area contributed by atoms with Crippen molar-refractivity contribution in [3.63, 3.8) is 0 Å². The van der Waals surface area contributed by atoms with Crippen LogP contribution in [0.25, 0.3) is 0 Å². The van der Waals surface area contributed by atoms with Crippen molar-refractivity contribution in [2.45, 2.75) is 25.0 Å². The van der Waals surface area contributed by atoms with Crippen molar-refractivity contribution in [2.75, 3.05) is 0 Å². The Kier molecular flexibility index (Phi) is 3.95. The van der Waals surface area contributed by atoms with Gasteiger partial charge in [-0.05, 0) is 6.08 Å². The number of hydrogen-bond donors (Lipinski definition) is 1. The highest BCUT2D eigenvalue weighted by atomic mass is 16.7. The molecule has 0 aliphatic heterocycles. The van der Waals surface area contributed by atoms with Gasteiger partial charge in [0.2, 0.25) is 0 Å². The van der Waals surface area contributed by atoms with Crippen LogP contribution < -0.4 is 0 Å². The van der Waals surface area contributed by atoms with Crippen molar-refractivity contribution in [1.82, 2.24) is 0 Å². The van der Waals surface area contributed by atoms with Gasteiger partial charge in [0.15, 0.2) is 0 Å². The SMILES string of the molecule is C#CC1=C[C@@H](OC(=O)OC=C)C[C@@H](O)C1. The molecule has 0 aromatic rings. The minimum Gasteiger partial charge on any atom is -0.426 e. The Hall–Kier alpha value is -1.73. The van der Waals surface area contributed by atoms with Crippen molar-refractivity contribution in [3.8, 4) is 12.3 Å². The Morgan fingerprint density at radius 3 is 3.13 bits per heavy atom. The van der Waals surface area contributed by atoms with Gasteiger partial charge in [-0.3, -0.25) is 0 Å². The average molecular weight is 208 g/mol. The van der Waals surface area contributed by atoms with Gasteiger partial charge < -0.3 is 14.6 Å². The summed E-state index contributed by atoms with van der Waals surface area (Å²) in [4.78, 5) is 10.9. The van der Waals surface area contributed by atoms with E-state index < -0.39 is 18.4 Å². The normalized spacial score (nSPS) is 24.7. The van der Waals surface area contributed by atoms with E-state index in [-0.39, 0.29) is 0 Å². The van der Waals surface area contributed by atoms with E-state index in [1.165, 1.54) is 0 Å². The van der Waals surface area contributed by atoms with Crippen LogP contribution in [-0.2, 0) is 9.47 Å². The summed E-state index contributed by atoms with van der Waals surface area (Å²) in [6, 6.07) is 0. The third-order valence-corrected chi connectivity index (χ3v) is 1.96. The molecule has 0 saturated carbocycles. The van der Waals surface area contributed by atoms with Crippen LogP contribution in [0.1, 0.15) is 12.8 Å². The van der Waals surface area contributed by atoms with Crippen LogP contribution in [-0.4, -0.2) is 23.5 Å². The predicted molar refractivity (Wildman–Crippen MR) is 53.7 cm³/mol. The fraction of sp³-hybridized carbons (Fsp3) is 0.364. The van der Waals surface area contributed by atoms with Crippen molar-refractivity contribution in [2.24, 2.45) is 0 Å². The van der Waals surface area contributed by atoms with Crippen molar-refractivity contribution >= 4 is 6.16 Å². The molecule has 4 nitrogen and oxygen atoms in total. The molecule has 0 fully saturated rings. The minimum atomic E-state index is -0.850. The summed E-state index contributed by atoms with van der Waals surface area (Å²) in [6.45, 7) is 3.22. The van der Waals surface area contributed by atoms with Gasteiger partial charge in [0.05, 0.1) is 12.4 Å². The van der Waals surface area contributed by atoms with Gasteiger partial charge >= 0.3 is 6.16 Å². The smallest absolute Gasteiger partial charge is 0.426 e. The topological polar surface area (TPSA) is 55.8 Å². The molecule has 0 saturated heterocycles. The molecule has 0 heterocycles. The number of carbonyl (C=O) groups excluding carboxylic acids is 1. The molecule has 0 aromatic carbocycles. The second-order valence-electron chi connectivity index (χ2n) is 3.12. The average Bonchev–Trinajstić information content (AvgIpc) is 2.17. The van der Waals surface area contributed by atoms with E-state index in [0.717, 1.165) is 6.26 Å².